The van der Waals surface area contributed by atoms with Gasteiger partial charge in [-0.3, -0.25) is 9.78 Å². The summed E-state index contributed by atoms with van der Waals surface area (Å²) in [4.78, 5) is 18.0. The van der Waals surface area contributed by atoms with Gasteiger partial charge in [-0.2, -0.15) is 8.42 Å². The fourth-order valence-electron chi connectivity index (χ4n) is 2.63. The van der Waals surface area contributed by atoms with Gasteiger partial charge in [0, 0.05) is 38.0 Å². The smallest absolute Gasteiger partial charge is 0.283 e. The predicted molar refractivity (Wildman–Crippen MR) is 105 cm³/mol. The summed E-state index contributed by atoms with van der Waals surface area (Å²) in [7, 11) is -1.92. The first-order chi connectivity index (χ1) is 12.9. The lowest BCUT2D eigenvalue weighted by atomic mass is 10.3. The molecular formula is C19H20N4O3S. The van der Waals surface area contributed by atoms with Gasteiger partial charge in [-0.05, 0) is 48.9 Å². The Bertz CT molecular complexity index is 968. The Balaban J connectivity index is 1.66. The SMILES string of the molecule is CN1CCC/C1=N\S(=O)(=O)c1ccc(NC(=O)/C=C/c2ccccn2)cc1. The molecule has 0 bridgehead atoms. The maximum atomic E-state index is 12.4. The molecule has 140 valence electrons. The molecule has 3 rings (SSSR count). The minimum atomic E-state index is -3.76. The van der Waals surface area contributed by atoms with Crippen molar-refractivity contribution in [1.82, 2.24) is 9.88 Å². The number of nitrogens with one attached hydrogen (secondary N) is 1. The van der Waals surface area contributed by atoms with Crippen LogP contribution in [-0.4, -0.2) is 43.6 Å². The number of hydrogen-bond donors (Lipinski definition) is 1. The van der Waals surface area contributed by atoms with E-state index in [1.165, 1.54) is 30.3 Å². The number of anilines is 1. The van der Waals surface area contributed by atoms with Gasteiger partial charge in [0.25, 0.3) is 10.0 Å². The summed E-state index contributed by atoms with van der Waals surface area (Å²) in [5, 5.41) is 2.68. The van der Waals surface area contributed by atoms with Crippen LogP contribution in [0.2, 0.25) is 0 Å². The molecule has 2 aromatic rings. The molecular weight excluding hydrogens is 364 g/mol. The van der Waals surface area contributed by atoms with E-state index in [9.17, 15) is 13.2 Å². The molecule has 1 N–H and O–H groups in total. The number of hydrogen-bond acceptors (Lipinski definition) is 4. The highest BCUT2D eigenvalue weighted by Crippen LogP contribution is 2.19. The summed E-state index contributed by atoms with van der Waals surface area (Å²) in [6, 6.07) is 11.4. The van der Waals surface area contributed by atoms with Crippen molar-refractivity contribution in [2.24, 2.45) is 4.40 Å². The third-order valence-corrected chi connectivity index (χ3v) is 5.39. The van der Waals surface area contributed by atoms with Crippen molar-refractivity contribution in [3.63, 3.8) is 0 Å². The number of amidine groups is 1. The van der Waals surface area contributed by atoms with Crippen molar-refractivity contribution in [1.29, 1.82) is 0 Å². The molecule has 8 heteroatoms. The first-order valence-electron chi connectivity index (χ1n) is 8.49. The number of aromatic nitrogens is 1. The van der Waals surface area contributed by atoms with Crippen LogP contribution in [0, 0.1) is 0 Å². The summed E-state index contributed by atoms with van der Waals surface area (Å²) in [5.41, 5.74) is 1.17. The lowest BCUT2D eigenvalue weighted by Crippen LogP contribution is -2.20. The number of amides is 1. The maximum Gasteiger partial charge on any atom is 0.283 e. The van der Waals surface area contributed by atoms with Crippen LogP contribution in [0.4, 0.5) is 5.69 Å². The summed E-state index contributed by atoms with van der Waals surface area (Å²) in [5.74, 6) is 0.246. The molecule has 0 aliphatic carbocycles. The molecule has 1 saturated heterocycles. The molecule has 1 aromatic heterocycles. The molecule has 1 aromatic carbocycles. The number of rotatable bonds is 5. The summed E-state index contributed by atoms with van der Waals surface area (Å²) < 4.78 is 28.7. The minimum Gasteiger partial charge on any atom is -0.362 e. The van der Waals surface area contributed by atoms with Crippen LogP contribution in [0.5, 0.6) is 0 Å². The molecule has 7 nitrogen and oxygen atoms in total. The summed E-state index contributed by atoms with van der Waals surface area (Å²) >= 11 is 0. The van der Waals surface area contributed by atoms with E-state index < -0.39 is 10.0 Å². The van der Waals surface area contributed by atoms with Crippen LogP contribution < -0.4 is 5.32 Å². The van der Waals surface area contributed by atoms with Crippen LogP contribution in [0.25, 0.3) is 6.08 Å². The zero-order valence-corrected chi connectivity index (χ0v) is 15.7. The molecule has 0 saturated carbocycles. The van der Waals surface area contributed by atoms with Crippen LogP contribution in [0.3, 0.4) is 0 Å². The van der Waals surface area contributed by atoms with Gasteiger partial charge < -0.3 is 10.2 Å². The van der Waals surface area contributed by atoms with Crippen LogP contribution in [0.15, 0.2) is 64.0 Å². The summed E-state index contributed by atoms with van der Waals surface area (Å²) in [6.07, 6.45) is 6.18. The molecule has 0 unspecified atom stereocenters. The quantitative estimate of drug-likeness (QED) is 0.800. The van der Waals surface area contributed by atoms with Gasteiger partial charge in [0.1, 0.15) is 5.84 Å². The van der Waals surface area contributed by atoms with Crippen molar-refractivity contribution in [2.45, 2.75) is 17.7 Å². The second-order valence-corrected chi connectivity index (χ2v) is 7.71. The van der Waals surface area contributed by atoms with E-state index in [-0.39, 0.29) is 10.8 Å². The fourth-order valence-corrected chi connectivity index (χ4v) is 3.72. The second kappa shape index (κ2) is 8.13. The first-order valence-corrected chi connectivity index (χ1v) is 9.93. The van der Waals surface area contributed by atoms with Crippen molar-refractivity contribution >= 4 is 33.5 Å². The van der Waals surface area contributed by atoms with Crippen molar-refractivity contribution < 1.29 is 13.2 Å². The zero-order valence-electron chi connectivity index (χ0n) is 14.9. The van der Waals surface area contributed by atoms with Gasteiger partial charge in [-0.15, -0.1) is 4.40 Å². The molecule has 0 atom stereocenters. The first kappa shape index (κ1) is 18.8. The Morgan fingerprint density at radius 2 is 2.00 bits per heavy atom. The Morgan fingerprint density at radius 1 is 1.22 bits per heavy atom. The van der Waals surface area contributed by atoms with Crippen LogP contribution in [0.1, 0.15) is 18.5 Å². The number of carbonyl (C=O) groups is 1. The zero-order chi connectivity index (χ0) is 19.3. The Hall–Kier alpha value is -3.00. The van der Waals surface area contributed by atoms with E-state index in [0.717, 1.165) is 13.0 Å². The minimum absolute atomic E-state index is 0.0947. The Morgan fingerprint density at radius 3 is 2.63 bits per heavy atom. The predicted octanol–water partition coefficient (Wildman–Crippen LogP) is 2.55. The second-order valence-electron chi connectivity index (χ2n) is 6.11. The van der Waals surface area contributed by atoms with E-state index in [1.54, 1.807) is 24.4 Å². The maximum absolute atomic E-state index is 12.4. The van der Waals surface area contributed by atoms with Gasteiger partial charge in [-0.1, -0.05) is 6.07 Å². The number of sulfonamides is 1. The van der Waals surface area contributed by atoms with Crippen molar-refractivity contribution in [2.75, 3.05) is 18.9 Å². The van der Waals surface area contributed by atoms with Gasteiger partial charge in [0.05, 0.1) is 10.6 Å². The van der Waals surface area contributed by atoms with Crippen molar-refractivity contribution in [3.8, 4) is 0 Å². The molecule has 27 heavy (non-hydrogen) atoms. The van der Waals surface area contributed by atoms with Gasteiger partial charge in [0.2, 0.25) is 5.91 Å². The largest absolute Gasteiger partial charge is 0.362 e. The average Bonchev–Trinajstić information content (AvgIpc) is 3.05. The van der Waals surface area contributed by atoms with Crippen LogP contribution >= 0.6 is 0 Å². The number of carbonyl (C=O) groups excluding carboxylic acids is 1. The molecule has 1 aliphatic rings. The number of pyridine rings is 1. The monoisotopic (exact) mass is 384 g/mol. The van der Waals surface area contributed by atoms with E-state index >= 15 is 0 Å². The number of benzene rings is 1. The number of likely N-dealkylation sites (tertiary alicyclic amines) is 1. The third kappa shape index (κ3) is 5.01. The van der Waals surface area contributed by atoms with Crippen molar-refractivity contribution in [3.05, 3.63) is 60.4 Å². The van der Waals surface area contributed by atoms with E-state index in [2.05, 4.69) is 14.7 Å². The van der Waals surface area contributed by atoms with Gasteiger partial charge in [-0.25, -0.2) is 0 Å². The highest BCUT2D eigenvalue weighted by molar-refractivity contribution is 7.90. The standard InChI is InChI=1S/C19H20N4O3S/c1-23-14-4-6-18(23)22-27(25,26)17-10-7-16(8-11-17)21-19(24)12-9-15-5-2-3-13-20-15/h2-3,5,7-13H,4,6,14H2,1H3,(H,21,24)/b12-9+,22-18+. The lowest BCUT2D eigenvalue weighted by Gasteiger charge is -2.11. The fraction of sp³-hybridized carbons (Fsp3) is 0.211. The topological polar surface area (TPSA) is 91.7 Å². The van der Waals surface area contributed by atoms with Gasteiger partial charge in [0.15, 0.2) is 0 Å². The lowest BCUT2D eigenvalue weighted by molar-refractivity contribution is -0.111. The molecule has 2 heterocycles. The average molecular weight is 384 g/mol. The molecule has 0 radical (unpaired) electrons. The number of nitrogens with zero attached hydrogens (tertiary/aromatic N) is 3. The Kier molecular flexibility index (Phi) is 5.66. The Labute approximate surface area is 158 Å². The van der Waals surface area contributed by atoms with Gasteiger partial charge >= 0.3 is 0 Å². The van der Waals surface area contributed by atoms with E-state index in [0.29, 0.717) is 23.6 Å². The molecule has 1 aliphatic heterocycles. The third-order valence-electron chi connectivity index (χ3n) is 4.07. The summed E-state index contributed by atoms with van der Waals surface area (Å²) in [6.45, 7) is 0.811. The van der Waals surface area contributed by atoms with E-state index in [4.69, 9.17) is 0 Å². The van der Waals surface area contributed by atoms with Crippen LogP contribution in [-0.2, 0) is 14.8 Å². The van der Waals surface area contributed by atoms with E-state index in [1.807, 2.05) is 18.0 Å². The molecule has 1 fully saturated rings. The molecule has 1 amide bonds. The normalized spacial score (nSPS) is 16.2. The highest BCUT2D eigenvalue weighted by Gasteiger charge is 2.20. The highest BCUT2D eigenvalue weighted by atomic mass is 32.2. The molecule has 0 spiro atoms.